The van der Waals surface area contributed by atoms with Gasteiger partial charge in [0.1, 0.15) is 0 Å². The molecule has 3 rings (SSSR count). The summed E-state index contributed by atoms with van der Waals surface area (Å²) in [6.07, 6.45) is 4.26. The molecular weight excluding hydrogens is 388 g/mol. The van der Waals surface area contributed by atoms with Crippen LogP contribution in [0.5, 0.6) is 0 Å². The molecule has 1 N–H and O–H groups in total. The fourth-order valence-corrected chi connectivity index (χ4v) is 3.59. The van der Waals surface area contributed by atoms with Crippen molar-refractivity contribution in [2.24, 2.45) is 4.36 Å². The molecule has 0 bridgehead atoms. The van der Waals surface area contributed by atoms with Gasteiger partial charge in [-0.3, -0.25) is 9.78 Å². The van der Waals surface area contributed by atoms with Crippen LogP contribution >= 0.6 is 0 Å². The van der Waals surface area contributed by atoms with E-state index < -0.39 is 21.6 Å². The van der Waals surface area contributed by atoms with Crippen LogP contribution in [-0.4, -0.2) is 32.4 Å². The average molecular weight is 404 g/mol. The van der Waals surface area contributed by atoms with Gasteiger partial charge in [0.05, 0.1) is 20.9 Å². The lowest BCUT2D eigenvalue weighted by Crippen LogP contribution is -2.04. The molecule has 7 heteroatoms. The fourth-order valence-electron chi connectivity index (χ4n) is 2.40. The van der Waals surface area contributed by atoms with E-state index in [1.165, 1.54) is 36.8 Å². The first-order valence-corrected chi connectivity index (χ1v) is 10.4. The zero-order valence-corrected chi connectivity index (χ0v) is 16.2. The van der Waals surface area contributed by atoms with Crippen molar-refractivity contribution in [1.29, 1.82) is 0 Å². The molecule has 3 aromatic rings. The summed E-state index contributed by atoms with van der Waals surface area (Å²) in [5.74, 6) is 4.12. The van der Waals surface area contributed by atoms with E-state index in [-0.39, 0.29) is 11.1 Å². The molecule has 29 heavy (non-hydrogen) atoms. The minimum Gasteiger partial charge on any atom is -0.478 e. The second-order valence-electron chi connectivity index (χ2n) is 6.11. The number of aromatic nitrogens is 1. The molecule has 144 valence electrons. The Bertz CT molecular complexity index is 1250. The number of hydrogen-bond donors (Lipinski definition) is 1. The average Bonchev–Trinajstić information content (AvgIpc) is 2.73. The summed E-state index contributed by atoms with van der Waals surface area (Å²) in [5.41, 5.74) is 1.46. The molecule has 1 heterocycles. The Hall–Kier alpha value is -3.76. The molecule has 0 spiro atoms. The Labute approximate surface area is 168 Å². The molecule has 6 nitrogen and oxygen atoms in total. The minimum absolute atomic E-state index is 0.174. The zero-order chi connectivity index (χ0) is 20.9. The molecule has 1 atom stereocenters. The third-order valence-electron chi connectivity index (χ3n) is 3.91. The van der Waals surface area contributed by atoms with E-state index >= 15 is 0 Å². The molecule has 0 saturated heterocycles. The van der Waals surface area contributed by atoms with Gasteiger partial charge in [0.2, 0.25) is 0 Å². The van der Waals surface area contributed by atoms with E-state index in [2.05, 4.69) is 21.2 Å². The molecule has 0 aliphatic rings. The number of nitrogens with zero attached hydrogens (tertiary/aromatic N) is 2. The van der Waals surface area contributed by atoms with Gasteiger partial charge in [0, 0.05) is 34.7 Å². The third-order valence-corrected chi connectivity index (χ3v) is 5.57. The van der Waals surface area contributed by atoms with Gasteiger partial charge in [-0.1, -0.05) is 30.0 Å². The smallest absolute Gasteiger partial charge is 0.335 e. The van der Waals surface area contributed by atoms with E-state index in [0.717, 1.165) is 0 Å². The number of aromatic carboxylic acids is 1. The third kappa shape index (κ3) is 5.15. The molecule has 2 aromatic carbocycles. The van der Waals surface area contributed by atoms with Crippen LogP contribution in [0.1, 0.15) is 31.8 Å². The molecule has 0 unspecified atom stereocenters. The second kappa shape index (κ2) is 8.50. The standard InChI is InChI=1S/C22H16N2O4S/c1-29(28,20-5-3-2-4-6-20)24-21(25)19-13-17(14-23-15-19)8-7-16-9-11-18(12-10-16)22(26)27/h2-6,9-15H,1H3,(H,26,27)/t29-/m0/s1. The fraction of sp³-hybridized carbons (Fsp3) is 0.0455. The summed E-state index contributed by atoms with van der Waals surface area (Å²) >= 11 is 0. The van der Waals surface area contributed by atoms with Crippen molar-refractivity contribution in [3.05, 3.63) is 95.3 Å². The molecule has 0 fully saturated rings. The lowest BCUT2D eigenvalue weighted by Gasteiger charge is -2.03. The highest BCUT2D eigenvalue weighted by atomic mass is 32.2. The van der Waals surface area contributed by atoms with Crippen molar-refractivity contribution in [2.75, 3.05) is 6.26 Å². The van der Waals surface area contributed by atoms with E-state index in [1.54, 1.807) is 42.5 Å². The molecule has 0 aliphatic heterocycles. The maximum absolute atomic E-state index is 12.8. The Balaban J connectivity index is 1.85. The van der Waals surface area contributed by atoms with Crippen LogP contribution in [-0.2, 0) is 9.73 Å². The van der Waals surface area contributed by atoms with Crippen LogP contribution in [0.3, 0.4) is 0 Å². The molecule has 0 aliphatic carbocycles. The van der Waals surface area contributed by atoms with E-state index in [1.807, 2.05) is 0 Å². The number of benzene rings is 2. The SMILES string of the molecule is C[S@@](=O)(=NC(=O)c1cncc(C#Cc2ccc(C(=O)O)cc2)c1)c1ccccc1. The zero-order valence-electron chi connectivity index (χ0n) is 15.4. The van der Waals surface area contributed by atoms with Crippen LogP contribution in [0.25, 0.3) is 0 Å². The van der Waals surface area contributed by atoms with Crippen molar-refractivity contribution in [1.82, 2.24) is 4.98 Å². The van der Waals surface area contributed by atoms with Gasteiger partial charge in [-0.05, 0) is 42.5 Å². The molecular formula is C22H16N2O4S. The number of carbonyl (C=O) groups is 2. The van der Waals surface area contributed by atoms with Crippen LogP contribution in [0.4, 0.5) is 0 Å². The normalized spacial score (nSPS) is 12.2. The Morgan fingerprint density at radius 2 is 1.59 bits per heavy atom. The van der Waals surface area contributed by atoms with Gasteiger partial charge < -0.3 is 5.11 Å². The number of rotatable bonds is 3. The van der Waals surface area contributed by atoms with Gasteiger partial charge in [0.25, 0.3) is 5.91 Å². The maximum atomic E-state index is 12.8. The maximum Gasteiger partial charge on any atom is 0.335 e. The summed E-state index contributed by atoms with van der Waals surface area (Å²) in [6.45, 7) is 0. The van der Waals surface area contributed by atoms with Gasteiger partial charge in [0.15, 0.2) is 0 Å². The lowest BCUT2D eigenvalue weighted by molar-refractivity contribution is 0.0696. The van der Waals surface area contributed by atoms with E-state index in [4.69, 9.17) is 5.11 Å². The molecule has 1 aromatic heterocycles. The van der Waals surface area contributed by atoms with Crippen LogP contribution in [0.15, 0.2) is 82.3 Å². The largest absolute Gasteiger partial charge is 0.478 e. The molecule has 0 radical (unpaired) electrons. The topological polar surface area (TPSA) is 96.7 Å². The lowest BCUT2D eigenvalue weighted by atomic mass is 10.1. The van der Waals surface area contributed by atoms with Gasteiger partial charge in [-0.15, -0.1) is 0 Å². The van der Waals surface area contributed by atoms with Crippen LogP contribution < -0.4 is 0 Å². The number of carboxylic acid groups (broad SMARTS) is 1. The summed E-state index contributed by atoms with van der Waals surface area (Å²) < 4.78 is 16.6. The highest BCUT2D eigenvalue weighted by Crippen LogP contribution is 2.13. The first kappa shape index (κ1) is 20.0. The van der Waals surface area contributed by atoms with Gasteiger partial charge in [-0.2, -0.15) is 4.36 Å². The summed E-state index contributed by atoms with van der Waals surface area (Å²) in [6, 6.07) is 16.2. The Kier molecular flexibility index (Phi) is 5.86. The molecule has 0 saturated carbocycles. The quantitative estimate of drug-likeness (QED) is 0.674. The van der Waals surface area contributed by atoms with Crippen molar-refractivity contribution in [3.63, 3.8) is 0 Å². The van der Waals surface area contributed by atoms with Crippen LogP contribution in [0, 0.1) is 11.8 Å². The monoisotopic (exact) mass is 404 g/mol. The number of carbonyl (C=O) groups excluding carboxylic acids is 1. The van der Waals surface area contributed by atoms with Crippen molar-refractivity contribution >= 4 is 21.6 Å². The highest BCUT2D eigenvalue weighted by Gasteiger charge is 2.11. The predicted molar refractivity (Wildman–Crippen MR) is 109 cm³/mol. The minimum atomic E-state index is -2.87. The van der Waals surface area contributed by atoms with Gasteiger partial charge >= 0.3 is 5.97 Å². The number of hydrogen-bond acceptors (Lipinski definition) is 4. The predicted octanol–water partition coefficient (Wildman–Crippen LogP) is 3.48. The van der Waals surface area contributed by atoms with E-state index in [0.29, 0.717) is 16.0 Å². The Morgan fingerprint density at radius 3 is 2.24 bits per heavy atom. The van der Waals surface area contributed by atoms with Crippen LogP contribution in [0.2, 0.25) is 0 Å². The van der Waals surface area contributed by atoms with Crippen molar-refractivity contribution in [3.8, 4) is 11.8 Å². The van der Waals surface area contributed by atoms with Gasteiger partial charge in [-0.25, -0.2) is 9.00 Å². The first-order chi connectivity index (χ1) is 13.8. The Morgan fingerprint density at radius 1 is 0.931 bits per heavy atom. The molecule has 1 amide bonds. The second-order valence-corrected chi connectivity index (χ2v) is 8.37. The van der Waals surface area contributed by atoms with E-state index in [9.17, 15) is 13.8 Å². The number of carboxylic acids is 1. The summed E-state index contributed by atoms with van der Waals surface area (Å²) in [5, 5.41) is 8.91. The summed E-state index contributed by atoms with van der Waals surface area (Å²) in [4.78, 5) is 27.8. The number of pyridine rings is 1. The first-order valence-electron chi connectivity index (χ1n) is 8.47. The highest BCUT2D eigenvalue weighted by molar-refractivity contribution is 7.93. The number of amides is 1. The van der Waals surface area contributed by atoms with Crippen molar-refractivity contribution < 1.29 is 18.9 Å². The summed E-state index contributed by atoms with van der Waals surface area (Å²) in [7, 11) is -2.87. The van der Waals surface area contributed by atoms with Crippen molar-refractivity contribution in [2.45, 2.75) is 4.90 Å².